The predicted octanol–water partition coefficient (Wildman–Crippen LogP) is 2.60. The van der Waals surface area contributed by atoms with E-state index in [9.17, 15) is 14.7 Å². The van der Waals surface area contributed by atoms with E-state index < -0.39 is 23.9 Å². The summed E-state index contributed by atoms with van der Waals surface area (Å²) in [5.41, 5.74) is 0.299. The van der Waals surface area contributed by atoms with Crippen LogP contribution in [0.5, 0.6) is 0 Å². The van der Waals surface area contributed by atoms with Crippen LogP contribution in [-0.2, 0) is 9.59 Å². The maximum Gasteiger partial charge on any atom is 0.308 e. The molecule has 1 aromatic rings. The molecule has 1 saturated heterocycles. The number of carbonyl (C=O) groups excluding carboxylic acids is 1. The number of carboxylic acids is 1. The maximum atomic E-state index is 12.4. The molecule has 0 spiro atoms. The Labute approximate surface area is 138 Å². The Morgan fingerprint density at radius 3 is 2.36 bits per heavy atom. The maximum absolute atomic E-state index is 12.4. The molecule has 1 heterocycles. The van der Waals surface area contributed by atoms with Gasteiger partial charge >= 0.3 is 5.97 Å². The quantitative estimate of drug-likeness (QED) is 0.882. The van der Waals surface area contributed by atoms with Gasteiger partial charge in [-0.3, -0.25) is 9.59 Å². The van der Waals surface area contributed by atoms with Gasteiger partial charge in [0.05, 0.1) is 5.92 Å². The Balaban J connectivity index is 2.17. The molecule has 2 N–H and O–H groups in total. The summed E-state index contributed by atoms with van der Waals surface area (Å²) >= 11 is 11.7. The van der Waals surface area contributed by atoms with E-state index in [1.54, 1.807) is 0 Å². The monoisotopic (exact) mass is 345 g/mol. The lowest BCUT2D eigenvalue weighted by atomic mass is 9.90. The number of aliphatic hydroxyl groups excluding tert-OH is 1. The van der Waals surface area contributed by atoms with Gasteiger partial charge < -0.3 is 15.1 Å². The zero-order valence-corrected chi connectivity index (χ0v) is 13.5. The molecule has 0 radical (unpaired) electrons. The Morgan fingerprint density at radius 1 is 1.23 bits per heavy atom. The number of piperidine rings is 1. The standard InChI is InChI=1S/C15H17Cl2NO4/c1-8-2-10(15(21)22)7-18(6-8)14(20)13(19)9-3-11(16)5-12(17)4-9/h3-5,8,10,13,19H,2,6-7H2,1H3,(H,21,22). The summed E-state index contributed by atoms with van der Waals surface area (Å²) in [4.78, 5) is 25.0. The minimum absolute atomic E-state index is 0.0638. The molecule has 1 amide bonds. The fraction of sp³-hybridized carbons (Fsp3) is 0.467. The van der Waals surface area contributed by atoms with Crippen molar-refractivity contribution in [2.75, 3.05) is 13.1 Å². The topological polar surface area (TPSA) is 77.8 Å². The average Bonchev–Trinajstić information content (AvgIpc) is 2.43. The van der Waals surface area contributed by atoms with E-state index in [1.807, 2.05) is 6.92 Å². The molecular weight excluding hydrogens is 329 g/mol. The summed E-state index contributed by atoms with van der Waals surface area (Å²) in [6, 6.07) is 4.45. The minimum Gasteiger partial charge on any atom is -0.481 e. The van der Waals surface area contributed by atoms with Crippen molar-refractivity contribution in [2.45, 2.75) is 19.4 Å². The number of nitrogens with zero attached hydrogens (tertiary/aromatic N) is 1. The molecule has 22 heavy (non-hydrogen) atoms. The second kappa shape index (κ2) is 6.86. The van der Waals surface area contributed by atoms with Crippen LogP contribution in [0.25, 0.3) is 0 Å². The number of aliphatic hydroxyl groups is 1. The number of benzene rings is 1. The fourth-order valence-electron chi connectivity index (χ4n) is 2.76. The highest BCUT2D eigenvalue weighted by molar-refractivity contribution is 6.34. The zero-order chi connectivity index (χ0) is 16.4. The summed E-state index contributed by atoms with van der Waals surface area (Å²) in [5.74, 6) is -2.00. The molecule has 0 aliphatic carbocycles. The number of carboxylic acid groups (broad SMARTS) is 1. The van der Waals surface area contributed by atoms with Gasteiger partial charge in [0, 0.05) is 23.1 Å². The largest absolute Gasteiger partial charge is 0.481 e. The molecule has 3 atom stereocenters. The zero-order valence-electron chi connectivity index (χ0n) is 12.0. The molecule has 7 heteroatoms. The Morgan fingerprint density at radius 2 is 1.82 bits per heavy atom. The van der Waals surface area contributed by atoms with Crippen LogP contribution in [0.2, 0.25) is 10.0 Å². The fourth-order valence-corrected chi connectivity index (χ4v) is 3.30. The molecule has 2 rings (SSSR count). The minimum atomic E-state index is -1.41. The summed E-state index contributed by atoms with van der Waals surface area (Å²) < 4.78 is 0. The van der Waals surface area contributed by atoms with E-state index in [0.717, 1.165) is 0 Å². The van der Waals surface area contributed by atoms with Crippen molar-refractivity contribution in [3.8, 4) is 0 Å². The van der Waals surface area contributed by atoms with Gasteiger partial charge in [0.1, 0.15) is 0 Å². The highest BCUT2D eigenvalue weighted by Crippen LogP contribution is 2.28. The van der Waals surface area contributed by atoms with Gasteiger partial charge in [0.15, 0.2) is 6.10 Å². The van der Waals surface area contributed by atoms with Crippen molar-refractivity contribution in [3.63, 3.8) is 0 Å². The van der Waals surface area contributed by atoms with E-state index in [1.165, 1.54) is 23.1 Å². The lowest BCUT2D eigenvalue weighted by molar-refractivity contribution is -0.150. The molecule has 1 aliphatic rings. The summed E-state index contributed by atoms with van der Waals surface area (Å²) in [6.07, 6.45) is -0.881. The number of aliphatic carboxylic acids is 1. The Bertz CT molecular complexity index is 573. The van der Waals surface area contributed by atoms with Gasteiger partial charge in [-0.1, -0.05) is 30.1 Å². The molecule has 0 aromatic heterocycles. The lowest BCUT2D eigenvalue weighted by Crippen LogP contribution is -2.47. The van der Waals surface area contributed by atoms with Gasteiger partial charge in [0.2, 0.25) is 0 Å². The number of hydrogen-bond acceptors (Lipinski definition) is 3. The highest BCUT2D eigenvalue weighted by Gasteiger charge is 2.34. The predicted molar refractivity (Wildman–Crippen MR) is 82.9 cm³/mol. The van der Waals surface area contributed by atoms with Gasteiger partial charge in [-0.15, -0.1) is 0 Å². The molecule has 1 fully saturated rings. The molecule has 0 saturated carbocycles. The molecule has 1 aromatic carbocycles. The number of amides is 1. The number of rotatable bonds is 3. The first kappa shape index (κ1) is 17.1. The van der Waals surface area contributed by atoms with Crippen molar-refractivity contribution in [3.05, 3.63) is 33.8 Å². The molecule has 120 valence electrons. The van der Waals surface area contributed by atoms with Crippen molar-refractivity contribution in [2.24, 2.45) is 11.8 Å². The lowest BCUT2D eigenvalue weighted by Gasteiger charge is -2.35. The van der Waals surface area contributed by atoms with E-state index in [0.29, 0.717) is 28.6 Å². The summed E-state index contributed by atoms with van der Waals surface area (Å²) in [7, 11) is 0. The van der Waals surface area contributed by atoms with Crippen LogP contribution in [0, 0.1) is 11.8 Å². The third kappa shape index (κ3) is 3.91. The number of likely N-dealkylation sites (tertiary alicyclic amines) is 1. The number of carbonyl (C=O) groups is 2. The van der Waals surface area contributed by atoms with Crippen molar-refractivity contribution in [1.82, 2.24) is 4.90 Å². The average molecular weight is 346 g/mol. The molecule has 3 unspecified atom stereocenters. The first-order valence-electron chi connectivity index (χ1n) is 6.93. The Hall–Kier alpha value is -1.30. The van der Waals surface area contributed by atoms with Crippen molar-refractivity contribution >= 4 is 35.1 Å². The van der Waals surface area contributed by atoms with Crippen LogP contribution < -0.4 is 0 Å². The smallest absolute Gasteiger partial charge is 0.308 e. The second-order valence-electron chi connectivity index (χ2n) is 5.72. The first-order valence-corrected chi connectivity index (χ1v) is 7.69. The molecule has 0 bridgehead atoms. The normalized spacial score (nSPS) is 23.2. The van der Waals surface area contributed by atoms with E-state index in [4.69, 9.17) is 28.3 Å². The summed E-state index contributed by atoms with van der Waals surface area (Å²) in [5, 5.41) is 20.0. The summed E-state index contributed by atoms with van der Waals surface area (Å²) in [6.45, 7) is 2.41. The highest BCUT2D eigenvalue weighted by atomic mass is 35.5. The van der Waals surface area contributed by atoms with E-state index in [-0.39, 0.29) is 12.5 Å². The van der Waals surface area contributed by atoms with Crippen molar-refractivity contribution < 1.29 is 19.8 Å². The van der Waals surface area contributed by atoms with Crippen LogP contribution >= 0.6 is 23.2 Å². The van der Waals surface area contributed by atoms with E-state index in [2.05, 4.69) is 0 Å². The van der Waals surface area contributed by atoms with Gasteiger partial charge in [0.25, 0.3) is 5.91 Å². The van der Waals surface area contributed by atoms with Crippen LogP contribution in [0.3, 0.4) is 0 Å². The first-order chi connectivity index (χ1) is 10.3. The van der Waals surface area contributed by atoms with E-state index >= 15 is 0 Å². The Kier molecular flexibility index (Phi) is 5.32. The molecule has 1 aliphatic heterocycles. The molecule has 5 nitrogen and oxygen atoms in total. The second-order valence-corrected chi connectivity index (χ2v) is 6.60. The van der Waals surface area contributed by atoms with Gasteiger partial charge in [-0.2, -0.15) is 0 Å². The van der Waals surface area contributed by atoms with Crippen LogP contribution in [-0.4, -0.2) is 40.1 Å². The van der Waals surface area contributed by atoms with Crippen LogP contribution in [0.4, 0.5) is 0 Å². The van der Waals surface area contributed by atoms with Gasteiger partial charge in [-0.25, -0.2) is 0 Å². The van der Waals surface area contributed by atoms with Gasteiger partial charge in [-0.05, 0) is 36.1 Å². The third-order valence-corrected chi connectivity index (χ3v) is 4.19. The molecular formula is C15H17Cl2NO4. The van der Waals surface area contributed by atoms with Crippen LogP contribution in [0.1, 0.15) is 25.0 Å². The van der Waals surface area contributed by atoms with Crippen molar-refractivity contribution in [1.29, 1.82) is 0 Å². The number of hydrogen-bond donors (Lipinski definition) is 2. The SMILES string of the molecule is CC1CC(C(=O)O)CN(C(=O)C(O)c2cc(Cl)cc(Cl)c2)C1. The number of halogens is 2. The third-order valence-electron chi connectivity index (χ3n) is 3.76. The van der Waals surface area contributed by atoms with Crippen LogP contribution in [0.15, 0.2) is 18.2 Å².